The maximum atomic E-state index is 12.1. The van der Waals surface area contributed by atoms with Crippen LogP contribution in [0.15, 0.2) is 30.3 Å². The number of nitrogens with zero attached hydrogens (tertiary/aromatic N) is 1. The molecule has 0 radical (unpaired) electrons. The van der Waals surface area contributed by atoms with Gasteiger partial charge in [0, 0.05) is 28.4 Å². The molecule has 0 bridgehead atoms. The molecule has 2 aromatic carbocycles. The molecule has 0 fully saturated rings. The first-order valence-electron chi connectivity index (χ1n) is 6.11. The van der Waals surface area contributed by atoms with Crippen molar-refractivity contribution < 1.29 is 14.8 Å². The molecular weight excluding hydrogens is 260 g/mol. The zero-order valence-electron chi connectivity index (χ0n) is 11.1. The summed E-state index contributed by atoms with van der Waals surface area (Å²) in [7, 11) is 0. The van der Waals surface area contributed by atoms with Crippen LogP contribution in [0.5, 0.6) is 5.75 Å². The van der Waals surface area contributed by atoms with E-state index in [0.717, 1.165) is 6.07 Å². The van der Waals surface area contributed by atoms with E-state index in [4.69, 9.17) is 0 Å². The molecule has 0 unspecified atom stereocenters. The van der Waals surface area contributed by atoms with Crippen LogP contribution >= 0.6 is 0 Å². The fraction of sp³-hybridized carbons (Fsp3) is 0.214. The number of nitro benzene ring substituents is 1. The van der Waals surface area contributed by atoms with Crippen LogP contribution in [0.3, 0.4) is 0 Å². The van der Waals surface area contributed by atoms with Crippen molar-refractivity contribution in [2.75, 3.05) is 0 Å². The Bertz CT molecular complexity index is 695. The van der Waals surface area contributed by atoms with Gasteiger partial charge in [0.1, 0.15) is 5.75 Å². The van der Waals surface area contributed by atoms with Gasteiger partial charge in [0.05, 0.1) is 11.0 Å². The maximum Gasteiger partial charge on any atom is 0.273 e. The van der Waals surface area contributed by atoms with Crippen LogP contribution in [0.4, 0.5) is 5.69 Å². The maximum absolute atomic E-state index is 12.1. The van der Waals surface area contributed by atoms with E-state index in [9.17, 15) is 20.0 Å². The number of non-ortho nitro benzene ring substituents is 1. The Morgan fingerprint density at radius 3 is 2.60 bits per heavy atom. The number of phenolic OH excluding ortho intramolecular Hbond substituents is 1. The Labute approximate surface area is 115 Å². The molecule has 0 atom stereocenters. The Morgan fingerprint density at radius 1 is 1.30 bits per heavy atom. The molecule has 0 aliphatic heterocycles. The zero-order chi connectivity index (χ0) is 14.9. The van der Waals surface area contributed by atoms with Crippen LogP contribution in [0.25, 0.3) is 10.8 Å². The van der Waals surface area contributed by atoms with Crippen LogP contribution in [0.1, 0.15) is 24.2 Å². The number of rotatable bonds is 3. The van der Waals surface area contributed by atoms with Gasteiger partial charge in [0.2, 0.25) is 0 Å². The lowest BCUT2D eigenvalue weighted by molar-refractivity contribution is -0.384. The summed E-state index contributed by atoms with van der Waals surface area (Å²) in [4.78, 5) is 22.3. The van der Waals surface area contributed by atoms with E-state index in [-0.39, 0.29) is 23.4 Å². The molecule has 104 valence electrons. The SMILES string of the molecule is CC(C)NC(=O)c1cccc2c(O)cc([N+](=O)[O-])cc12. The Morgan fingerprint density at radius 2 is 2.00 bits per heavy atom. The van der Waals surface area contributed by atoms with Crippen molar-refractivity contribution in [3.8, 4) is 5.75 Å². The van der Waals surface area contributed by atoms with Crippen molar-refractivity contribution in [1.82, 2.24) is 5.32 Å². The smallest absolute Gasteiger partial charge is 0.273 e. The Balaban J connectivity index is 2.66. The van der Waals surface area contributed by atoms with Crippen LogP contribution < -0.4 is 5.32 Å². The molecule has 0 aliphatic carbocycles. The molecule has 0 heterocycles. The summed E-state index contributed by atoms with van der Waals surface area (Å²) in [6.07, 6.45) is 0. The lowest BCUT2D eigenvalue weighted by Crippen LogP contribution is -2.30. The van der Waals surface area contributed by atoms with Crippen molar-refractivity contribution in [2.24, 2.45) is 0 Å². The van der Waals surface area contributed by atoms with Gasteiger partial charge in [-0.3, -0.25) is 14.9 Å². The van der Waals surface area contributed by atoms with Gasteiger partial charge in [0.15, 0.2) is 0 Å². The van der Waals surface area contributed by atoms with Gasteiger partial charge < -0.3 is 10.4 Å². The number of nitrogens with one attached hydrogen (secondary N) is 1. The number of carbonyl (C=O) groups is 1. The van der Waals surface area contributed by atoms with E-state index in [1.54, 1.807) is 18.2 Å². The lowest BCUT2D eigenvalue weighted by atomic mass is 10.0. The minimum atomic E-state index is -0.601. The van der Waals surface area contributed by atoms with Crippen molar-refractivity contribution in [3.63, 3.8) is 0 Å². The van der Waals surface area contributed by atoms with Crippen molar-refractivity contribution in [1.29, 1.82) is 0 Å². The molecular formula is C14H14N2O4. The Hall–Kier alpha value is -2.63. The average Bonchev–Trinajstić information content (AvgIpc) is 2.37. The highest BCUT2D eigenvalue weighted by Gasteiger charge is 2.17. The summed E-state index contributed by atoms with van der Waals surface area (Å²) in [6, 6.07) is 7.13. The zero-order valence-corrected chi connectivity index (χ0v) is 11.1. The summed E-state index contributed by atoms with van der Waals surface area (Å²) in [6.45, 7) is 3.64. The molecule has 20 heavy (non-hydrogen) atoms. The predicted molar refractivity (Wildman–Crippen MR) is 74.9 cm³/mol. The second-order valence-electron chi connectivity index (χ2n) is 4.75. The molecule has 6 nitrogen and oxygen atoms in total. The number of fused-ring (bicyclic) bond motifs is 1. The molecule has 0 spiro atoms. The van der Waals surface area contributed by atoms with Gasteiger partial charge in [-0.15, -0.1) is 0 Å². The minimum absolute atomic E-state index is 0.0509. The predicted octanol–water partition coefficient (Wildman–Crippen LogP) is 2.59. The quantitative estimate of drug-likeness (QED) is 0.664. The number of aromatic hydroxyl groups is 1. The molecule has 2 aromatic rings. The molecule has 1 amide bonds. The van der Waals surface area contributed by atoms with Gasteiger partial charge in [-0.05, 0) is 19.9 Å². The molecule has 0 aromatic heterocycles. The number of nitro groups is 1. The first-order chi connectivity index (χ1) is 9.40. The fourth-order valence-corrected chi connectivity index (χ4v) is 1.99. The van der Waals surface area contributed by atoms with Crippen LogP contribution in [-0.2, 0) is 0 Å². The third-order valence-electron chi connectivity index (χ3n) is 2.83. The van der Waals surface area contributed by atoms with E-state index < -0.39 is 4.92 Å². The highest BCUT2D eigenvalue weighted by atomic mass is 16.6. The van der Waals surface area contributed by atoms with Crippen molar-refractivity contribution in [3.05, 3.63) is 46.0 Å². The van der Waals surface area contributed by atoms with E-state index >= 15 is 0 Å². The number of benzene rings is 2. The van der Waals surface area contributed by atoms with Crippen molar-refractivity contribution >= 4 is 22.4 Å². The van der Waals surface area contributed by atoms with Crippen LogP contribution in [-0.4, -0.2) is 22.0 Å². The molecule has 0 saturated carbocycles. The highest BCUT2D eigenvalue weighted by molar-refractivity contribution is 6.09. The topological polar surface area (TPSA) is 92.5 Å². The summed E-state index contributed by atoms with van der Waals surface area (Å²) in [5.74, 6) is -0.543. The third kappa shape index (κ3) is 2.54. The number of amides is 1. The van der Waals surface area contributed by atoms with Crippen molar-refractivity contribution in [2.45, 2.75) is 19.9 Å². The van der Waals surface area contributed by atoms with Gasteiger partial charge in [0.25, 0.3) is 11.6 Å². The molecule has 0 aliphatic rings. The highest BCUT2D eigenvalue weighted by Crippen LogP contribution is 2.32. The van der Waals surface area contributed by atoms with E-state index in [2.05, 4.69) is 5.32 Å². The Kier molecular flexibility index (Phi) is 3.56. The normalized spacial score (nSPS) is 10.8. The fourth-order valence-electron chi connectivity index (χ4n) is 1.99. The average molecular weight is 274 g/mol. The van der Waals surface area contributed by atoms with Crippen LogP contribution in [0, 0.1) is 10.1 Å². The second kappa shape index (κ2) is 5.16. The number of phenols is 1. The van der Waals surface area contributed by atoms with Gasteiger partial charge in [-0.25, -0.2) is 0 Å². The third-order valence-corrected chi connectivity index (χ3v) is 2.83. The first-order valence-corrected chi connectivity index (χ1v) is 6.11. The number of hydrogen-bond donors (Lipinski definition) is 2. The first kappa shape index (κ1) is 13.8. The van der Waals surface area contributed by atoms with Gasteiger partial charge in [-0.2, -0.15) is 0 Å². The summed E-state index contributed by atoms with van der Waals surface area (Å²) >= 11 is 0. The lowest BCUT2D eigenvalue weighted by Gasteiger charge is -2.11. The molecule has 0 saturated heterocycles. The molecule has 2 rings (SSSR count). The molecule has 2 N–H and O–H groups in total. The van der Waals surface area contributed by atoms with Crippen LogP contribution in [0.2, 0.25) is 0 Å². The summed E-state index contributed by atoms with van der Waals surface area (Å²) in [5, 5.41) is 24.2. The van der Waals surface area contributed by atoms with E-state index in [1.807, 2.05) is 13.8 Å². The monoisotopic (exact) mass is 274 g/mol. The summed E-state index contributed by atoms with van der Waals surface area (Å²) < 4.78 is 0. The number of hydrogen-bond acceptors (Lipinski definition) is 4. The van der Waals surface area contributed by atoms with E-state index in [1.165, 1.54) is 6.07 Å². The summed E-state index contributed by atoms with van der Waals surface area (Å²) in [5.41, 5.74) is 0.0509. The van der Waals surface area contributed by atoms with Gasteiger partial charge >= 0.3 is 0 Å². The van der Waals surface area contributed by atoms with E-state index in [0.29, 0.717) is 16.3 Å². The van der Waals surface area contributed by atoms with Gasteiger partial charge in [-0.1, -0.05) is 12.1 Å². The second-order valence-corrected chi connectivity index (χ2v) is 4.75. The number of carbonyl (C=O) groups excluding carboxylic acids is 1. The standard InChI is InChI=1S/C14H14N2O4/c1-8(2)15-14(18)11-5-3-4-10-12(11)6-9(16(19)20)7-13(10)17/h3-8,17H,1-2H3,(H,15,18). The molecule has 6 heteroatoms. The largest absolute Gasteiger partial charge is 0.507 e. The minimum Gasteiger partial charge on any atom is -0.507 e.